The fourth-order valence-electron chi connectivity index (χ4n) is 2.48. The predicted molar refractivity (Wildman–Crippen MR) is 72.1 cm³/mol. The van der Waals surface area contributed by atoms with E-state index in [1.807, 2.05) is 0 Å². The van der Waals surface area contributed by atoms with E-state index in [1.54, 1.807) is 0 Å². The van der Waals surface area contributed by atoms with Gasteiger partial charge in [0.05, 0.1) is 12.2 Å². The first-order chi connectivity index (χ1) is 8.69. The lowest BCUT2D eigenvalue weighted by atomic mass is 9.89. The molecule has 0 bridgehead atoms. The van der Waals surface area contributed by atoms with Crippen molar-refractivity contribution in [3.63, 3.8) is 0 Å². The molecule has 0 radical (unpaired) electrons. The van der Waals surface area contributed by atoms with Crippen molar-refractivity contribution in [2.45, 2.75) is 40.3 Å². The van der Waals surface area contributed by atoms with Gasteiger partial charge in [-0.15, -0.1) is 0 Å². The maximum atomic E-state index is 5.39. The van der Waals surface area contributed by atoms with Crippen molar-refractivity contribution in [3.8, 4) is 0 Å². The van der Waals surface area contributed by atoms with Gasteiger partial charge in [-0.2, -0.15) is 0 Å². The van der Waals surface area contributed by atoms with Crippen LogP contribution in [0.1, 0.15) is 38.6 Å². The molecule has 2 rings (SSSR count). The highest BCUT2D eigenvalue weighted by atomic mass is 16.5. The normalized spacial score (nSPS) is 25.5. The molecule has 1 aromatic heterocycles. The molecule has 0 aromatic carbocycles. The largest absolute Gasteiger partial charge is 0.360 e. The van der Waals surface area contributed by atoms with Crippen LogP contribution in [0.3, 0.4) is 0 Å². The molecule has 1 aliphatic heterocycles. The Morgan fingerprint density at radius 1 is 1.44 bits per heavy atom. The summed E-state index contributed by atoms with van der Waals surface area (Å²) in [5.41, 5.74) is 1.00. The summed E-state index contributed by atoms with van der Waals surface area (Å²) in [6, 6.07) is 2.07. The quantitative estimate of drug-likeness (QED) is 0.871. The Morgan fingerprint density at radius 2 is 2.28 bits per heavy atom. The molecule has 4 nitrogen and oxygen atoms in total. The molecule has 1 fully saturated rings. The maximum absolute atomic E-state index is 5.39. The van der Waals surface area contributed by atoms with Gasteiger partial charge < -0.3 is 9.84 Å². The highest BCUT2D eigenvalue weighted by molar-refractivity contribution is 5.05. The summed E-state index contributed by atoms with van der Waals surface area (Å²) in [5.74, 6) is 2.62. The van der Waals surface area contributed by atoms with Gasteiger partial charge in [0.25, 0.3) is 0 Å². The van der Waals surface area contributed by atoms with Gasteiger partial charge in [0.2, 0.25) is 0 Å². The van der Waals surface area contributed by atoms with Crippen LogP contribution in [-0.4, -0.2) is 29.7 Å². The number of piperidine rings is 1. The highest BCUT2D eigenvalue weighted by Gasteiger charge is 2.23. The number of likely N-dealkylation sites (tertiary alicyclic amines) is 1. The van der Waals surface area contributed by atoms with Crippen LogP contribution in [-0.2, 0) is 13.1 Å². The Balaban J connectivity index is 1.84. The van der Waals surface area contributed by atoms with Crippen LogP contribution in [0.4, 0.5) is 0 Å². The summed E-state index contributed by atoms with van der Waals surface area (Å²) >= 11 is 0. The smallest absolute Gasteiger partial charge is 0.151 e. The first-order valence-electron chi connectivity index (χ1n) is 7.06. The lowest BCUT2D eigenvalue weighted by molar-refractivity contribution is 0.121. The third-order valence-corrected chi connectivity index (χ3v) is 3.96. The minimum absolute atomic E-state index is 0.780. The molecule has 2 heterocycles. The topological polar surface area (TPSA) is 41.3 Å². The first-order valence-corrected chi connectivity index (χ1v) is 7.06. The molecule has 4 heteroatoms. The van der Waals surface area contributed by atoms with Crippen molar-refractivity contribution in [3.05, 3.63) is 17.5 Å². The molecular weight excluding hydrogens is 226 g/mol. The summed E-state index contributed by atoms with van der Waals surface area (Å²) < 4.78 is 5.39. The average Bonchev–Trinajstić information content (AvgIpc) is 2.79. The van der Waals surface area contributed by atoms with Gasteiger partial charge in [0.15, 0.2) is 5.76 Å². The summed E-state index contributed by atoms with van der Waals surface area (Å²) in [6.07, 6.45) is 1.29. The Hall–Kier alpha value is -0.870. The monoisotopic (exact) mass is 251 g/mol. The molecular formula is C14H25N3O. The zero-order valence-electron chi connectivity index (χ0n) is 11.8. The van der Waals surface area contributed by atoms with Crippen molar-refractivity contribution in [1.82, 2.24) is 15.4 Å². The molecule has 0 spiro atoms. The number of hydrogen-bond donors (Lipinski definition) is 1. The lowest BCUT2D eigenvalue weighted by Crippen LogP contribution is -2.37. The third-order valence-electron chi connectivity index (χ3n) is 3.96. The SMILES string of the molecule is CCNCc1cc(CN2CCC(C)C(C)C2)on1. The van der Waals surface area contributed by atoms with E-state index in [4.69, 9.17) is 4.52 Å². The lowest BCUT2D eigenvalue weighted by Gasteiger charge is -2.34. The van der Waals surface area contributed by atoms with E-state index in [1.165, 1.54) is 19.5 Å². The second-order valence-corrected chi connectivity index (χ2v) is 5.54. The molecule has 2 atom stereocenters. The maximum Gasteiger partial charge on any atom is 0.151 e. The van der Waals surface area contributed by atoms with Crippen LogP contribution in [0.15, 0.2) is 10.6 Å². The van der Waals surface area contributed by atoms with Crippen molar-refractivity contribution in [1.29, 1.82) is 0 Å². The number of hydrogen-bond acceptors (Lipinski definition) is 4. The van der Waals surface area contributed by atoms with E-state index in [-0.39, 0.29) is 0 Å². The van der Waals surface area contributed by atoms with Gasteiger partial charge in [-0.05, 0) is 31.3 Å². The van der Waals surface area contributed by atoms with Crippen molar-refractivity contribution in [2.24, 2.45) is 11.8 Å². The number of nitrogens with zero attached hydrogens (tertiary/aromatic N) is 2. The Kier molecular flexibility index (Phi) is 4.78. The molecule has 0 amide bonds. The van der Waals surface area contributed by atoms with Gasteiger partial charge in [-0.3, -0.25) is 4.90 Å². The second-order valence-electron chi connectivity index (χ2n) is 5.54. The summed E-state index contributed by atoms with van der Waals surface area (Å²) in [5, 5.41) is 7.35. The van der Waals surface area contributed by atoms with Crippen LogP contribution in [0, 0.1) is 11.8 Å². The van der Waals surface area contributed by atoms with E-state index in [0.29, 0.717) is 0 Å². The Bertz CT molecular complexity index is 364. The molecule has 1 aromatic rings. The van der Waals surface area contributed by atoms with E-state index in [9.17, 15) is 0 Å². The van der Waals surface area contributed by atoms with Gasteiger partial charge in [0.1, 0.15) is 0 Å². The summed E-state index contributed by atoms with van der Waals surface area (Å²) in [4.78, 5) is 2.47. The Labute approximate surface area is 110 Å². The molecule has 0 saturated carbocycles. The van der Waals surface area contributed by atoms with Crippen LogP contribution in [0.5, 0.6) is 0 Å². The molecule has 1 saturated heterocycles. The van der Waals surface area contributed by atoms with Crippen LogP contribution in [0.25, 0.3) is 0 Å². The van der Waals surface area contributed by atoms with Crippen molar-refractivity contribution in [2.75, 3.05) is 19.6 Å². The molecule has 18 heavy (non-hydrogen) atoms. The van der Waals surface area contributed by atoms with Gasteiger partial charge in [-0.25, -0.2) is 0 Å². The number of nitrogens with one attached hydrogen (secondary N) is 1. The molecule has 102 valence electrons. The first kappa shape index (κ1) is 13.6. The van der Waals surface area contributed by atoms with Crippen LogP contribution < -0.4 is 5.32 Å². The van der Waals surface area contributed by atoms with Crippen molar-refractivity contribution >= 4 is 0 Å². The molecule has 2 unspecified atom stereocenters. The standard InChI is InChI=1S/C14H25N3O/c1-4-15-8-13-7-14(18-16-13)10-17-6-5-11(2)12(3)9-17/h7,11-12,15H,4-6,8-10H2,1-3H3. The van der Waals surface area contributed by atoms with E-state index in [2.05, 4.69) is 42.2 Å². The fourth-order valence-corrected chi connectivity index (χ4v) is 2.48. The van der Waals surface area contributed by atoms with Gasteiger partial charge in [0, 0.05) is 19.2 Å². The summed E-state index contributed by atoms with van der Waals surface area (Å²) in [7, 11) is 0. The highest BCUT2D eigenvalue weighted by Crippen LogP contribution is 2.23. The zero-order valence-corrected chi connectivity index (χ0v) is 11.8. The second kappa shape index (κ2) is 6.34. The number of aromatic nitrogens is 1. The predicted octanol–water partition coefficient (Wildman–Crippen LogP) is 2.26. The molecule has 1 N–H and O–H groups in total. The van der Waals surface area contributed by atoms with Gasteiger partial charge in [-0.1, -0.05) is 25.9 Å². The van der Waals surface area contributed by atoms with Crippen LogP contribution in [0.2, 0.25) is 0 Å². The average molecular weight is 251 g/mol. The van der Waals surface area contributed by atoms with E-state index in [0.717, 1.165) is 42.9 Å². The number of rotatable bonds is 5. The fraction of sp³-hybridized carbons (Fsp3) is 0.786. The third kappa shape index (κ3) is 3.56. The summed E-state index contributed by atoms with van der Waals surface area (Å²) in [6.45, 7) is 11.8. The minimum Gasteiger partial charge on any atom is -0.360 e. The van der Waals surface area contributed by atoms with Crippen molar-refractivity contribution < 1.29 is 4.52 Å². The minimum atomic E-state index is 0.780. The zero-order chi connectivity index (χ0) is 13.0. The van der Waals surface area contributed by atoms with Gasteiger partial charge >= 0.3 is 0 Å². The van der Waals surface area contributed by atoms with Crippen LogP contribution >= 0.6 is 0 Å². The van der Waals surface area contributed by atoms with E-state index < -0.39 is 0 Å². The van der Waals surface area contributed by atoms with E-state index >= 15 is 0 Å². The molecule has 0 aliphatic carbocycles. The Morgan fingerprint density at radius 3 is 3.00 bits per heavy atom. The molecule has 1 aliphatic rings.